The zero-order valence-electron chi connectivity index (χ0n) is 13.1. The molecule has 3 rings (SSSR count). The van der Waals surface area contributed by atoms with E-state index in [1.807, 2.05) is 47.6 Å². The summed E-state index contributed by atoms with van der Waals surface area (Å²) < 4.78 is 0.546. The molecule has 2 heterocycles. The van der Waals surface area contributed by atoms with Gasteiger partial charge in [-0.1, -0.05) is 12.1 Å². The van der Waals surface area contributed by atoms with E-state index in [1.165, 1.54) is 23.5 Å². The largest absolute Gasteiger partial charge is 0.339 e. The summed E-state index contributed by atoms with van der Waals surface area (Å²) in [5.41, 5.74) is 2.18. The fraction of sp³-hybridized carbons (Fsp3) is 0.588. The molecule has 1 amide bonds. The zero-order valence-corrected chi connectivity index (χ0v) is 14.7. The van der Waals surface area contributed by atoms with Gasteiger partial charge >= 0.3 is 0 Å². The van der Waals surface area contributed by atoms with Gasteiger partial charge < -0.3 is 10.2 Å². The highest BCUT2D eigenvalue weighted by molar-refractivity contribution is 8.16. The van der Waals surface area contributed by atoms with Gasteiger partial charge in [-0.2, -0.15) is 0 Å². The van der Waals surface area contributed by atoms with Crippen LogP contribution in [0.1, 0.15) is 39.8 Å². The molecule has 0 unspecified atom stereocenters. The highest BCUT2D eigenvalue weighted by atomic mass is 32.2. The van der Waals surface area contributed by atoms with E-state index in [4.69, 9.17) is 0 Å². The van der Waals surface area contributed by atoms with Crippen molar-refractivity contribution in [3.05, 3.63) is 35.4 Å². The molecule has 1 aromatic carbocycles. The lowest BCUT2D eigenvalue weighted by Crippen LogP contribution is -2.43. The Hall–Kier alpha value is -0.650. The van der Waals surface area contributed by atoms with Crippen molar-refractivity contribution in [2.45, 2.75) is 29.9 Å². The number of amides is 1. The Bertz CT molecular complexity index is 492. The summed E-state index contributed by atoms with van der Waals surface area (Å²) >= 11 is 4.04. The van der Waals surface area contributed by atoms with E-state index in [0.29, 0.717) is 10.6 Å². The molecule has 0 aromatic heterocycles. The van der Waals surface area contributed by atoms with Gasteiger partial charge in [0.2, 0.25) is 0 Å². The number of likely N-dealkylation sites (tertiary alicyclic amines) is 1. The molecule has 1 N–H and O–H groups in total. The highest BCUT2D eigenvalue weighted by Gasteiger charge is 2.23. The van der Waals surface area contributed by atoms with Crippen LogP contribution >= 0.6 is 23.5 Å². The van der Waals surface area contributed by atoms with E-state index in [2.05, 4.69) is 17.4 Å². The Morgan fingerprint density at radius 1 is 1.14 bits per heavy atom. The van der Waals surface area contributed by atoms with Crippen molar-refractivity contribution in [3.8, 4) is 0 Å². The van der Waals surface area contributed by atoms with Gasteiger partial charge in [0.15, 0.2) is 0 Å². The van der Waals surface area contributed by atoms with Crippen molar-refractivity contribution in [2.75, 3.05) is 31.6 Å². The molecule has 0 spiro atoms. The number of hydrogen-bond acceptors (Lipinski definition) is 4. The second-order valence-electron chi connectivity index (χ2n) is 5.90. The molecule has 2 aliphatic heterocycles. The number of carbonyl (C=O) groups excluding carboxylic acids is 1. The lowest BCUT2D eigenvalue weighted by atomic mass is 10.0. The van der Waals surface area contributed by atoms with Crippen molar-refractivity contribution in [2.24, 2.45) is 0 Å². The first-order chi connectivity index (χ1) is 10.8. The van der Waals surface area contributed by atoms with Gasteiger partial charge in [0.25, 0.3) is 5.91 Å². The molecule has 5 heteroatoms. The average Bonchev–Trinajstić information content (AvgIpc) is 2.62. The molecule has 0 saturated carbocycles. The SMILES string of the molecule is CNC1CCN(C(=O)c2ccc(C3SCCCS3)cc2)CC1. The summed E-state index contributed by atoms with van der Waals surface area (Å²) in [6.07, 6.45) is 3.41. The minimum atomic E-state index is 0.185. The number of nitrogens with one attached hydrogen (secondary N) is 1. The van der Waals surface area contributed by atoms with Gasteiger partial charge in [-0.3, -0.25) is 4.79 Å². The van der Waals surface area contributed by atoms with E-state index in [0.717, 1.165) is 31.5 Å². The van der Waals surface area contributed by atoms with E-state index in [1.54, 1.807) is 0 Å². The number of thioether (sulfide) groups is 2. The molecule has 0 aliphatic carbocycles. The molecule has 0 atom stereocenters. The average molecular weight is 337 g/mol. The summed E-state index contributed by atoms with van der Waals surface area (Å²) in [6, 6.07) is 8.87. The topological polar surface area (TPSA) is 32.3 Å². The van der Waals surface area contributed by atoms with Crippen molar-refractivity contribution in [3.63, 3.8) is 0 Å². The third kappa shape index (κ3) is 3.81. The fourth-order valence-electron chi connectivity index (χ4n) is 3.02. The Kier molecular flexibility index (Phi) is 5.71. The summed E-state index contributed by atoms with van der Waals surface area (Å²) in [6.45, 7) is 1.72. The highest BCUT2D eigenvalue weighted by Crippen LogP contribution is 2.43. The van der Waals surface area contributed by atoms with Crippen LogP contribution < -0.4 is 5.32 Å². The number of carbonyl (C=O) groups is 1. The minimum Gasteiger partial charge on any atom is -0.339 e. The Morgan fingerprint density at radius 2 is 1.77 bits per heavy atom. The quantitative estimate of drug-likeness (QED) is 0.917. The third-order valence-corrected chi connectivity index (χ3v) is 7.46. The third-order valence-electron chi connectivity index (χ3n) is 4.45. The normalized spacial score (nSPS) is 21.0. The summed E-state index contributed by atoms with van der Waals surface area (Å²) in [5.74, 6) is 2.68. The van der Waals surface area contributed by atoms with Crippen molar-refractivity contribution >= 4 is 29.4 Å². The van der Waals surface area contributed by atoms with E-state index in [9.17, 15) is 4.79 Å². The number of hydrogen-bond donors (Lipinski definition) is 1. The van der Waals surface area contributed by atoms with Crippen molar-refractivity contribution in [1.29, 1.82) is 0 Å². The van der Waals surface area contributed by atoms with Crippen LogP contribution in [0.4, 0.5) is 0 Å². The monoisotopic (exact) mass is 336 g/mol. The van der Waals surface area contributed by atoms with Crippen LogP contribution in [0.5, 0.6) is 0 Å². The molecule has 22 heavy (non-hydrogen) atoms. The Labute approximate surface area is 141 Å². The van der Waals surface area contributed by atoms with E-state index >= 15 is 0 Å². The molecule has 0 radical (unpaired) electrons. The maximum absolute atomic E-state index is 12.6. The smallest absolute Gasteiger partial charge is 0.253 e. The van der Waals surface area contributed by atoms with E-state index < -0.39 is 0 Å². The van der Waals surface area contributed by atoms with Crippen LogP contribution in [0, 0.1) is 0 Å². The lowest BCUT2D eigenvalue weighted by molar-refractivity contribution is 0.0707. The number of nitrogens with zero attached hydrogens (tertiary/aromatic N) is 1. The Balaban J connectivity index is 1.61. The Morgan fingerprint density at radius 3 is 2.36 bits per heavy atom. The predicted octanol–water partition coefficient (Wildman–Crippen LogP) is 3.38. The predicted molar refractivity (Wildman–Crippen MR) is 96.7 cm³/mol. The van der Waals surface area contributed by atoms with Crippen LogP contribution in [-0.4, -0.2) is 48.5 Å². The summed E-state index contributed by atoms with van der Waals surface area (Å²) in [5, 5.41) is 3.30. The van der Waals surface area contributed by atoms with Crippen LogP contribution in [0.3, 0.4) is 0 Å². The van der Waals surface area contributed by atoms with Gasteiger partial charge in [-0.25, -0.2) is 0 Å². The molecule has 2 saturated heterocycles. The first kappa shape index (κ1) is 16.2. The molecule has 0 bridgehead atoms. The minimum absolute atomic E-state index is 0.185. The second-order valence-corrected chi connectivity index (χ2v) is 8.63. The van der Waals surface area contributed by atoms with Crippen molar-refractivity contribution in [1.82, 2.24) is 10.2 Å². The van der Waals surface area contributed by atoms with Gasteiger partial charge in [-0.05, 0) is 55.5 Å². The zero-order chi connectivity index (χ0) is 15.4. The first-order valence-electron chi connectivity index (χ1n) is 8.07. The number of piperidine rings is 1. The first-order valence-corrected chi connectivity index (χ1v) is 10.2. The standard InChI is InChI=1S/C17H24N2OS2/c1-18-15-7-9-19(10-8-15)16(20)13-3-5-14(6-4-13)17-21-11-2-12-22-17/h3-6,15,17-18H,2,7-12H2,1H3. The van der Waals surface area contributed by atoms with Crippen LogP contribution in [0.25, 0.3) is 0 Å². The van der Waals surface area contributed by atoms with Gasteiger partial charge in [0.05, 0.1) is 4.58 Å². The maximum atomic E-state index is 12.6. The molecular weight excluding hydrogens is 312 g/mol. The number of rotatable bonds is 3. The molecule has 3 nitrogen and oxygen atoms in total. The number of benzene rings is 1. The van der Waals surface area contributed by atoms with Crippen LogP contribution in [0.2, 0.25) is 0 Å². The van der Waals surface area contributed by atoms with Crippen LogP contribution in [0.15, 0.2) is 24.3 Å². The fourth-order valence-corrected chi connectivity index (χ4v) is 5.91. The lowest BCUT2D eigenvalue weighted by Gasteiger charge is -2.32. The summed E-state index contributed by atoms with van der Waals surface area (Å²) in [7, 11) is 2.00. The molecule has 2 aliphatic rings. The van der Waals surface area contributed by atoms with Gasteiger partial charge in [-0.15, -0.1) is 23.5 Å². The maximum Gasteiger partial charge on any atom is 0.253 e. The molecule has 1 aromatic rings. The second kappa shape index (κ2) is 7.75. The van der Waals surface area contributed by atoms with Gasteiger partial charge in [0.1, 0.15) is 0 Å². The molecule has 2 fully saturated rings. The molecular formula is C17H24N2OS2. The van der Waals surface area contributed by atoms with Crippen LogP contribution in [-0.2, 0) is 0 Å². The van der Waals surface area contributed by atoms with Crippen molar-refractivity contribution < 1.29 is 4.79 Å². The molecule has 120 valence electrons. The van der Waals surface area contributed by atoms with E-state index in [-0.39, 0.29) is 5.91 Å². The summed E-state index contributed by atoms with van der Waals surface area (Å²) in [4.78, 5) is 14.6. The van der Waals surface area contributed by atoms with Gasteiger partial charge in [0, 0.05) is 24.7 Å².